The molecule has 1 atom stereocenters. The van der Waals surface area contributed by atoms with Gasteiger partial charge in [-0.15, -0.1) is 0 Å². The van der Waals surface area contributed by atoms with E-state index in [2.05, 4.69) is 34.6 Å². The summed E-state index contributed by atoms with van der Waals surface area (Å²) in [6, 6.07) is 0. The van der Waals surface area contributed by atoms with E-state index in [0.29, 0.717) is 19.3 Å². The highest BCUT2D eigenvalue weighted by molar-refractivity contribution is 5.71. The summed E-state index contributed by atoms with van der Waals surface area (Å²) in [5.74, 6) is 0.829. The van der Waals surface area contributed by atoms with E-state index in [1.807, 2.05) is 0 Å². The molecule has 0 aromatic rings. The van der Waals surface area contributed by atoms with Crippen molar-refractivity contribution in [3.8, 4) is 0 Å². The Balaban J connectivity index is 4.26. The topological polar surface area (TPSA) is 78.9 Å². The van der Waals surface area contributed by atoms with E-state index in [9.17, 15) is 14.4 Å². The van der Waals surface area contributed by atoms with Crippen molar-refractivity contribution in [2.45, 2.75) is 298 Å². The molecule has 0 spiro atoms. The van der Waals surface area contributed by atoms with E-state index in [-0.39, 0.29) is 31.1 Å². The number of carbonyl (C=O) groups excluding carboxylic acids is 3. The van der Waals surface area contributed by atoms with Crippen molar-refractivity contribution in [2.75, 3.05) is 13.2 Å². The van der Waals surface area contributed by atoms with E-state index in [1.54, 1.807) is 0 Å². The first-order valence-electron chi connectivity index (χ1n) is 26.2. The Morgan fingerprint density at radius 1 is 0.322 bits per heavy atom. The number of carbonyl (C=O) groups is 3. The van der Waals surface area contributed by atoms with E-state index < -0.39 is 6.10 Å². The Kier molecular flexibility index (Phi) is 44.7. The normalized spacial score (nSPS) is 12.1. The molecular formula is C53H102O6. The highest BCUT2D eigenvalue weighted by Gasteiger charge is 2.19. The Hall–Kier alpha value is -1.59. The van der Waals surface area contributed by atoms with E-state index in [0.717, 1.165) is 69.6 Å². The highest BCUT2D eigenvalue weighted by Crippen LogP contribution is 2.17. The predicted octanol–water partition coefficient (Wildman–Crippen LogP) is 16.9. The Morgan fingerprint density at radius 2 is 0.559 bits per heavy atom. The van der Waals surface area contributed by atoms with Crippen molar-refractivity contribution in [1.82, 2.24) is 0 Å². The third kappa shape index (κ3) is 47.3. The van der Waals surface area contributed by atoms with Gasteiger partial charge in [0.05, 0.1) is 0 Å². The van der Waals surface area contributed by atoms with Crippen LogP contribution in [0.5, 0.6) is 0 Å². The van der Waals surface area contributed by atoms with Crippen molar-refractivity contribution in [1.29, 1.82) is 0 Å². The number of hydrogen-bond acceptors (Lipinski definition) is 6. The lowest BCUT2D eigenvalue weighted by Gasteiger charge is -2.18. The minimum Gasteiger partial charge on any atom is -0.462 e. The fourth-order valence-corrected chi connectivity index (χ4v) is 7.99. The van der Waals surface area contributed by atoms with Gasteiger partial charge in [0.25, 0.3) is 0 Å². The molecule has 0 saturated carbocycles. The lowest BCUT2D eigenvalue weighted by molar-refractivity contribution is -0.167. The van der Waals surface area contributed by atoms with Crippen LogP contribution in [-0.4, -0.2) is 37.2 Å². The van der Waals surface area contributed by atoms with Crippen LogP contribution in [0.1, 0.15) is 291 Å². The molecule has 0 aromatic carbocycles. The highest BCUT2D eigenvalue weighted by atomic mass is 16.6. The monoisotopic (exact) mass is 835 g/mol. The van der Waals surface area contributed by atoms with Gasteiger partial charge in [0, 0.05) is 19.3 Å². The molecule has 0 saturated heterocycles. The third-order valence-electron chi connectivity index (χ3n) is 12.0. The molecule has 0 rings (SSSR count). The molecule has 0 aliphatic rings. The second-order valence-corrected chi connectivity index (χ2v) is 19.1. The van der Waals surface area contributed by atoms with Gasteiger partial charge in [-0.05, 0) is 31.1 Å². The van der Waals surface area contributed by atoms with E-state index in [1.165, 1.54) is 180 Å². The summed E-state index contributed by atoms with van der Waals surface area (Å²) in [6.45, 7) is 11.4. The summed E-state index contributed by atoms with van der Waals surface area (Å²) in [4.78, 5) is 37.9. The maximum absolute atomic E-state index is 12.8. The van der Waals surface area contributed by atoms with Crippen LogP contribution in [0.2, 0.25) is 0 Å². The van der Waals surface area contributed by atoms with Crippen LogP contribution in [0.25, 0.3) is 0 Å². The van der Waals surface area contributed by atoms with Crippen molar-refractivity contribution in [2.24, 2.45) is 11.8 Å². The van der Waals surface area contributed by atoms with Crippen LogP contribution in [0.15, 0.2) is 0 Å². The smallest absolute Gasteiger partial charge is 0.306 e. The molecule has 59 heavy (non-hydrogen) atoms. The van der Waals surface area contributed by atoms with Gasteiger partial charge in [-0.2, -0.15) is 0 Å². The average molecular weight is 835 g/mol. The third-order valence-corrected chi connectivity index (χ3v) is 12.0. The molecule has 6 heteroatoms. The molecule has 6 nitrogen and oxygen atoms in total. The molecule has 0 heterocycles. The molecule has 0 aliphatic carbocycles. The van der Waals surface area contributed by atoms with Gasteiger partial charge >= 0.3 is 17.9 Å². The van der Waals surface area contributed by atoms with Crippen LogP contribution in [0.3, 0.4) is 0 Å². The summed E-state index contributed by atoms with van der Waals surface area (Å²) in [6.07, 6.45) is 46.6. The first-order chi connectivity index (χ1) is 28.7. The summed E-state index contributed by atoms with van der Waals surface area (Å²) in [5.41, 5.74) is 0. The molecule has 0 fully saturated rings. The largest absolute Gasteiger partial charge is 0.462 e. The molecular weight excluding hydrogens is 733 g/mol. The van der Waals surface area contributed by atoms with Gasteiger partial charge in [0.1, 0.15) is 13.2 Å². The number of ether oxygens (including phenoxy) is 3. The SMILES string of the molecule is CCCCCCCCCCCC(=O)OC[C@@H](COC(=O)CCCCCCCCCCCCCCCC(C)C)OC(=O)CCCCCCCCCCCCCCCC(C)C. The fraction of sp³-hybridized carbons (Fsp3) is 0.943. The minimum atomic E-state index is -0.761. The van der Waals surface area contributed by atoms with Crippen molar-refractivity contribution in [3.05, 3.63) is 0 Å². The zero-order chi connectivity index (χ0) is 43.3. The maximum atomic E-state index is 12.8. The molecule has 0 aliphatic heterocycles. The Labute approximate surface area is 368 Å². The number of hydrogen-bond donors (Lipinski definition) is 0. The number of esters is 3. The van der Waals surface area contributed by atoms with Gasteiger partial charge in [0.15, 0.2) is 6.10 Å². The van der Waals surface area contributed by atoms with Gasteiger partial charge in [0.2, 0.25) is 0 Å². The molecule has 0 N–H and O–H groups in total. The zero-order valence-electron chi connectivity index (χ0n) is 40.4. The first kappa shape index (κ1) is 57.4. The van der Waals surface area contributed by atoms with Gasteiger partial charge < -0.3 is 14.2 Å². The minimum absolute atomic E-state index is 0.0635. The summed E-state index contributed by atoms with van der Waals surface area (Å²) in [5, 5.41) is 0. The van der Waals surface area contributed by atoms with E-state index in [4.69, 9.17) is 14.2 Å². The number of rotatable bonds is 47. The van der Waals surface area contributed by atoms with Crippen molar-refractivity contribution >= 4 is 17.9 Å². The van der Waals surface area contributed by atoms with Crippen LogP contribution in [0, 0.1) is 11.8 Å². The van der Waals surface area contributed by atoms with E-state index >= 15 is 0 Å². The quantitative estimate of drug-likeness (QED) is 0.0345. The molecule has 0 unspecified atom stereocenters. The van der Waals surface area contributed by atoms with Crippen LogP contribution in [-0.2, 0) is 28.6 Å². The molecule has 0 aromatic heterocycles. The van der Waals surface area contributed by atoms with Crippen LogP contribution < -0.4 is 0 Å². The summed E-state index contributed by atoms with van der Waals surface area (Å²) in [7, 11) is 0. The molecule has 0 amide bonds. The fourth-order valence-electron chi connectivity index (χ4n) is 7.99. The summed E-state index contributed by atoms with van der Waals surface area (Å²) < 4.78 is 16.8. The van der Waals surface area contributed by atoms with Crippen LogP contribution >= 0.6 is 0 Å². The molecule has 350 valence electrons. The first-order valence-corrected chi connectivity index (χ1v) is 26.2. The van der Waals surface area contributed by atoms with Crippen molar-refractivity contribution < 1.29 is 28.6 Å². The maximum Gasteiger partial charge on any atom is 0.306 e. The average Bonchev–Trinajstić information content (AvgIpc) is 3.20. The molecule has 0 radical (unpaired) electrons. The lowest BCUT2D eigenvalue weighted by Crippen LogP contribution is -2.30. The predicted molar refractivity (Wildman–Crippen MR) is 252 cm³/mol. The Morgan fingerprint density at radius 3 is 0.831 bits per heavy atom. The van der Waals surface area contributed by atoms with Crippen molar-refractivity contribution in [3.63, 3.8) is 0 Å². The molecule has 0 bridgehead atoms. The summed E-state index contributed by atoms with van der Waals surface area (Å²) >= 11 is 0. The van der Waals surface area contributed by atoms with Crippen LogP contribution in [0.4, 0.5) is 0 Å². The second-order valence-electron chi connectivity index (χ2n) is 19.1. The number of unbranched alkanes of at least 4 members (excludes halogenated alkanes) is 32. The lowest BCUT2D eigenvalue weighted by atomic mass is 10.0. The van der Waals surface area contributed by atoms with Gasteiger partial charge in [-0.1, -0.05) is 253 Å². The zero-order valence-corrected chi connectivity index (χ0v) is 40.4. The second kappa shape index (κ2) is 45.9. The van der Waals surface area contributed by atoms with Gasteiger partial charge in [-0.3, -0.25) is 14.4 Å². The standard InChI is InChI=1S/C53H102O6/c1-6-7-8-9-10-21-28-33-38-43-51(54)57-46-50(59-53(56)45-40-35-30-25-20-16-12-14-18-23-27-32-37-42-49(4)5)47-58-52(55)44-39-34-29-24-19-15-11-13-17-22-26-31-36-41-48(2)3/h48-50H,6-47H2,1-5H3/t50-/m0/s1. The Bertz CT molecular complexity index is 900. The van der Waals surface area contributed by atoms with Gasteiger partial charge in [-0.25, -0.2) is 0 Å².